The van der Waals surface area contributed by atoms with Crippen molar-refractivity contribution in [2.75, 3.05) is 13.1 Å². The molecule has 1 aromatic rings. The molecule has 0 amide bonds. The van der Waals surface area contributed by atoms with Gasteiger partial charge in [0.15, 0.2) is 0 Å². The summed E-state index contributed by atoms with van der Waals surface area (Å²) in [7, 11) is -4.48. The maximum atomic E-state index is 13.1. The SMILES string of the molecule is CC1(C(=O)O)CCN(S(=O)(=O)c2ccc(Cl)cc2C(F)(F)F)C1. The van der Waals surface area contributed by atoms with Crippen LogP contribution >= 0.6 is 11.6 Å². The van der Waals surface area contributed by atoms with Gasteiger partial charge in [-0.05, 0) is 31.5 Å². The van der Waals surface area contributed by atoms with Crippen molar-refractivity contribution in [3.8, 4) is 0 Å². The average molecular weight is 372 g/mol. The van der Waals surface area contributed by atoms with E-state index in [0.717, 1.165) is 16.4 Å². The lowest BCUT2D eigenvalue weighted by Crippen LogP contribution is -2.35. The van der Waals surface area contributed by atoms with Crippen molar-refractivity contribution in [1.82, 2.24) is 4.31 Å². The van der Waals surface area contributed by atoms with E-state index in [-0.39, 0.29) is 24.5 Å². The highest BCUT2D eigenvalue weighted by Crippen LogP contribution is 2.39. The Kier molecular flexibility index (Phi) is 4.42. The molecular weight excluding hydrogens is 359 g/mol. The van der Waals surface area contributed by atoms with Crippen molar-refractivity contribution in [3.63, 3.8) is 0 Å². The van der Waals surface area contributed by atoms with Crippen molar-refractivity contribution in [3.05, 3.63) is 28.8 Å². The minimum absolute atomic E-state index is 0.0243. The Hall–Kier alpha value is -1.32. The number of hydrogen-bond donors (Lipinski definition) is 1. The van der Waals surface area contributed by atoms with Crippen molar-refractivity contribution >= 4 is 27.6 Å². The van der Waals surface area contributed by atoms with Crippen LogP contribution in [0.1, 0.15) is 18.9 Å². The predicted molar refractivity (Wildman–Crippen MR) is 75.6 cm³/mol. The second-order valence-electron chi connectivity index (χ2n) is 5.59. The van der Waals surface area contributed by atoms with Gasteiger partial charge in [0, 0.05) is 18.1 Å². The molecule has 0 bridgehead atoms. The van der Waals surface area contributed by atoms with Gasteiger partial charge in [-0.25, -0.2) is 8.42 Å². The van der Waals surface area contributed by atoms with Crippen LogP contribution in [0.2, 0.25) is 5.02 Å². The number of nitrogens with zero attached hydrogens (tertiary/aromatic N) is 1. The number of halogens is 4. The van der Waals surface area contributed by atoms with E-state index in [0.29, 0.717) is 6.07 Å². The fourth-order valence-electron chi connectivity index (χ4n) is 2.39. The second kappa shape index (κ2) is 5.64. The molecule has 0 saturated carbocycles. The number of sulfonamides is 1. The van der Waals surface area contributed by atoms with Crippen LogP contribution in [0.5, 0.6) is 0 Å². The van der Waals surface area contributed by atoms with Gasteiger partial charge in [0.05, 0.1) is 15.9 Å². The summed E-state index contributed by atoms with van der Waals surface area (Å²) in [5.74, 6) is -1.19. The zero-order valence-corrected chi connectivity index (χ0v) is 13.5. The second-order valence-corrected chi connectivity index (χ2v) is 7.94. The Morgan fingerprint density at radius 1 is 1.39 bits per heavy atom. The van der Waals surface area contributed by atoms with Crippen LogP contribution < -0.4 is 0 Å². The molecule has 1 aliphatic rings. The van der Waals surface area contributed by atoms with E-state index >= 15 is 0 Å². The molecule has 0 aliphatic carbocycles. The zero-order valence-electron chi connectivity index (χ0n) is 11.9. The molecule has 1 aliphatic heterocycles. The van der Waals surface area contributed by atoms with Gasteiger partial charge in [-0.15, -0.1) is 0 Å². The van der Waals surface area contributed by atoms with Gasteiger partial charge in [-0.1, -0.05) is 11.6 Å². The molecule has 1 saturated heterocycles. The average Bonchev–Trinajstić information content (AvgIpc) is 2.82. The molecule has 0 aromatic heterocycles. The Morgan fingerprint density at radius 2 is 2.00 bits per heavy atom. The van der Waals surface area contributed by atoms with Crippen LogP contribution in [-0.4, -0.2) is 36.9 Å². The van der Waals surface area contributed by atoms with E-state index in [9.17, 15) is 26.4 Å². The van der Waals surface area contributed by atoms with E-state index in [2.05, 4.69) is 0 Å². The van der Waals surface area contributed by atoms with Gasteiger partial charge >= 0.3 is 12.1 Å². The highest BCUT2D eigenvalue weighted by atomic mass is 35.5. The Balaban J connectivity index is 2.48. The third-order valence-corrected chi connectivity index (χ3v) is 5.96. The molecule has 1 heterocycles. The lowest BCUT2D eigenvalue weighted by molar-refractivity contribution is -0.147. The third kappa shape index (κ3) is 3.31. The lowest BCUT2D eigenvalue weighted by Gasteiger charge is -2.22. The maximum Gasteiger partial charge on any atom is 0.417 e. The Labute approximate surface area is 135 Å². The predicted octanol–water partition coefficient (Wildman–Crippen LogP) is 2.84. The minimum Gasteiger partial charge on any atom is -0.481 e. The highest BCUT2D eigenvalue weighted by Gasteiger charge is 2.47. The summed E-state index contributed by atoms with van der Waals surface area (Å²) in [6, 6.07) is 2.38. The Bertz CT molecular complexity index is 750. The molecule has 128 valence electrons. The monoisotopic (exact) mass is 371 g/mol. The van der Waals surface area contributed by atoms with Gasteiger partial charge in [-0.3, -0.25) is 4.79 Å². The number of benzene rings is 1. The van der Waals surface area contributed by atoms with Crippen molar-refractivity contribution in [1.29, 1.82) is 0 Å². The number of rotatable bonds is 3. The number of hydrogen-bond acceptors (Lipinski definition) is 3. The number of aliphatic carboxylic acids is 1. The van der Waals surface area contributed by atoms with Gasteiger partial charge in [0.1, 0.15) is 0 Å². The van der Waals surface area contributed by atoms with Crippen LogP contribution in [0.25, 0.3) is 0 Å². The molecule has 23 heavy (non-hydrogen) atoms. The number of alkyl halides is 3. The quantitative estimate of drug-likeness (QED) is 0.886. The van der Waals surface area contributed by atoms with Crippen LogP contribution in [0, 0.1) is 5.41 Å². The summed E-state index contributed by atoms with van der Waals surface area (Å²) in [6.07, 6.45) is -4.88. The minimum atomic E-state index is -4.90. The van der Waals surface area contributed by atoms with Gasteiger partial charge in [0.25, 0.3) is 0 Å². The first kappa shape index (κ1) is 18.0. The molecule has 1 aromatic carbocycles. The van der Waals surface area contributed by atoms with Crippen LogP contribution in [0.15, 0.2) is 23.1 Å². The van der Waals surface area contributed by atoms with E-state index in [1.54, 1.807) is 0 Å². The van der Waals surface area contributed by atoms with Crippen molar-refractivity contribution < 1.29 is 31.5 Å². The van der Waals surface area contributed by atoms with E-state index in [1.807, 2.05) is 0 Å². The topological polar surface area (TPSA) is 74.7 Å². The normalized spacial score (nSPS) is 23.2. The molecular formula is C13H13ClF3NO4S. The fourth-order valence-corrected chi connectivity index (χ4v) is 4.32. The smallest absolute Gasteiger partial charge is 0.417 e. The first-order chi connectivity index (χ1) is 10.4. The largest absolute Gasteiger partial charge is 0.481 e. The van der Waals surface area contributed by atoms with Gasteiger partial charge in [0.2, 0.25) is 10.0 Å². The van der Waals surface area contributed by atoms with Crippen LogP contribution in [-0.2, 0) is 21.0 Å². The summed E-state index contributed by atoms with van der Waals surface area (Å²) >= 11 is 5.53. The first-order valence-electron chi connectivity index (χ1n) is 6.48. The summed E-state index contributed by atoms with van der Waals surface area (Å²) in [5, 5.41) is 8.89. The molecule has 5 nitrogen and oxygen atoms in total. The fraction of sp³-hybridized carbons (Fsp3) is 0.462. The summed E-state index contributed by atoms with van der Waals surface area (Å²) in [5.41, 5.74) is -2.69. The number of carboxylic acids is 1. The molecule has 1 unspecified atom stereocenters. The summed E-state index contributed by atoms with van der Waals surface area (Å²) < 4.78 is 65.1. The van der Waals surface area contributed by atoms with E-state index < -0.39 is 38.0 Å². The molecule has 1 fully saturated rings. The molecule has 2 rings (SSSR count). The van der Waals surface area contributed by atoms with Crippen molar-refractivity contribution in [2.24, 2.45) is 5.41 Å². The molecule has 1 atom stereocenters. The Morgan fingerprint density at radius 3 is 2.48 bits per heavy atom. The van der Waals surface area contributed by atoms with E-state index in [1.165, 1.54) is 6.92 Å². The lowest BCUT2D eigenvalue weighted by atomic mass is 9.90. The maximum absolute atomic E-state index is 13.1. The molecule has 0 radical (unpaired) electrons. The highest BCUT2D eigenvalue weighted by molar-refractivity contribution is 7.89. The number of carboxylic acid groups (broad SMARTS) is 1. The van der Waals surface area contributed by atoms with Crippen LogP contribution in [0.4, 0.5) is 13.2 Å². The standard InChI is InChI=1S/C13H13ClF3NO4S/c1-12(11(19)20)4-5-18(7-12)23(21,22)10-3-2-8(14)6-9(10)13(15,16)17/h2-3,6H,4-5,7H2,1H3,(H,19,20). The van der Waals surface area contributed by atoms with Gasteiger partial charge in [-0.2, -0.15) is 17.5 Å². The molecule has 1 N–H and O–H groups in total. The zero-order chi connectivity index (χ0) is 17.6. The summed E-state index contributed by atoms with van der Waals surface area (Å²) in [6.45, 7) is 0.813. The molecule has 10 heteroatoms. The van der Waals surface area contributed by atoms with Crippen molar-refractivity contribution in [2.45, 2.75) is 24.4 Å². The van der Waals surface area contributed by atoms with Gasteiger partial charge < -0.3 is 5.11 Å². The number of carbonyl (C=O) groups is 1. The third-order valence-electron chi connectivity index (χ3n) is 3.82. The van der Waals surface area contributed by atoms with E-state index in [4.69, 9.17) is 16.7 Å². The molecule has 0 spiro atoms. The first-order valence-corrected chi connectivity index (χ1v) is 8.30. The van der Waals surface area contributed by atoms with Crippen LogP contribution in [0.3, 0.4) is 0 Å². The summed E-state index contributed by atoms with van der Waals surface area (Å²) in [4.78, 5) is 10.3.